The first-order valence-corrected chi connectivity index (χ1v) is 11.4. The molecule has 4 aromatic rings. The number of methoxy groups -OCH3 is 2. The number of hydrogen-bond donors (Lipinski definition) is 1. The number of furan rings is 1. The molecule has 1 aliphatic heterocycles. The normalized spacial score (nSPS) is 15.8. The number of allylic oxidation sites excluding steroid dienone is 1. The van der Waals surface area contributed by atoms with E-state index >= 15 is 0 Å². The molecule has 2 aromatic carbocycles. The molecule has 0 saturated carbocycles. The summed E-state index contributed by atoms with van der Waals surface area (Å²) in [6.07, 6.45) is 1.65. The Kier molecular flexibility index (Phi) is 6.24. The maximum absolute atomic E-state index is 5.81. The summed E-state index contributed by atoms with van der Waals surface area (Å²) in [5.74, 6) is 3.11. The third kappa shape index (κ3) is 4.50. The molecule has 5 rings (SSSR count). The number of nitrogens with one attached hydrogen (secondary N) is 1. The number of aromatic nitrogens is 2. The van der Waals surface area contributed by atoms with Gasteiger partial charge in [0.15, 0.2) is 5.11 Å². The fraction of sp³-hybridized carbons (Fsp3) is 0.192. The van der Waals surface area contributed by atoms with Gasteiger partial charge in [0, 0.05) is 11.3 Å². The van der Waals surface area contributed by atoms with Crippen LogP contribution in [0, 0.1) is 0 Å². The molecule has 0 amide bonds. The Morgan fingerprint density at radius 1 is 1.03 bits per heavy atom. The minimum absolute atomic E-state index is 0.316. The molecular formula is C26H24N4O4S. The van der Waals surface area contributed by atoms with Crippen molar-refractivity contribution in [2.24, 2.45) is 0 Å². The van der Waals surface area contributed by atoms with Crippen LogP contribution in [0.3, 0.4) is 0 Å². The van der Waals surface area contributed by atoms with Crippen molar-refractivity contribution in [2.45, 2.75) is 19.5 Å². The summed E-state index contributed by atoms with van der Waals surface area (Å²) >= 11 is 5.76. The van der Waals surface area contributed by atoms with E-state index in [0.29, 0.717) is 29.1 Å². The molecule has 0 bridgehead atoms. The predicted molar refractivity (Wildman–Crippen MR) is 135 cm³/mol. The van der Waals surface area contributed by atoms with Crippen molar-refractivity contribution < 1.29 is 18.4 Å². The topological polar surface area (TPSA) is 85.8 Å². The summed E-state index contributed by atoms with van der Waals surface area (Å²) in [7, 11) is 3.27. The molecular weight excluding hydrogens is 464 g/mol. The van der Waals surface area contributed by atoms with Gasteiger partial charge in [0.25, 0.3) is 5.89 Å². The van der Waals surface area contributed by atoms with Gasteiger partial charge in [-0.2, -0.15) is 4.98 Å². The van der Waals surface area contributed by atoms with Crippen molar-refractivity contribution in [3.63, 3.8) is 0 Å². The first-order valence-electron chi connectivity index (χ1n) is 11.0. The van der Waals surface area contributed by atoms with E-state index in [2.05, 4.69) is 10.5 Å². The Morgan fingerprint density at radius 2 is 1.80 bits per heavy atom. The van der Waals surface area contributed by atoms with Gasteiger partial charge in [-0.05, 0) is 61.1 Å². The summed E-state index contributed by atoms with van der Waals surface area (Å²) in [4.78, 5) is 6.72. The van der Waals surface area contributed by atoms with Gasteiger partial charge < -0.3 is 28.6 Å². The van der Waals surface area contributed by atoms with Crippen LogP contribution in [0.1, 0.15) is 30.2 Å². The van der Waals surface area contributed by atoms with Crippen LogP contribution >= 0.6 is 12.2 Å². The standard InChI is InChI=1S/C26H24N4O4S/c1-16-22(25-28-24(29-34-25)18-8-5-10-20(14-18)32-3)23(17-7-4-9-19(13-17)31-2)27-26(35)30(16)15-21-11-6-12-33-21/h4-14,23H,15H2,1-3H3,(H,27,35). The average molecular weight is 489 g/mol. The highest BCUT2D eigenvalue weighted by atomic mass is 32.1. The lowest BCUT2D eigenvalue weighted by atomic mass is 9.94. The third-order valence-corrected chi connectivity index (χ3v) is 6.24. The first-order chi connectivity index (χ1) is 17.1. The van der Waals surface area contributed by atoms with Crippen LogP contribution in [0.2, 0.25) is 0 Å². The summed E-state index contributed by atoms with van der Waals surface area (Å²) in [5, 5.41) is 8.27. The molecule has 1 atom stereocenters. The van der Waals surface area contributed by atoms with E-state index in [4.69, 9.17) is 35.6 Å². The van der Waals surface area contributed by atoms with Crippen molar-refractivity contribution in [1.29, 1.82) is 0 Å². The number of hydrogen-bond acceptors (Lipinski definition) is 7. The molecule has 9 heteroatoms. The van der Waals surface area contributed by atoms with Crippen LogP contribution in [-0.4, -0.2) is 34.4 Å². The minimum atomic E-state index is -0.316. The lowest BCUT2D eigenvalue weighted by molar-refractivity contribution is 0.382. The monoisotopic (exact) mass is 488 g/mol. The maximum Gasteiger partial charge on any atom is 0.258 e. The van der Waals surface area contributed by atoms with E-state index < -0.39 is 0 Å². The fourth-order valence-corrected chi connectivity index (χ4v) is 4.41. The minimum Gasteiger partial charge on any atom is -0.497 e. The number of benzene rings is 2. The van der Waals surface area contributed by atoms with Crippen molar-refractivity contribution in [3.05, 3.63) is 89.8 Å². The molecule has 1 aliphatic rings. The Labute approximate surface area is 208 Å². The molecule has 0 fully saturated rings. The Morgan fingerprint density at radius 3 is 2.54 bits per heavy atom. The second kappa shape index (κ2) is 9.63. The van der Waals surface area contributed by atoms with Crippen LogP contribution in [0.4, 0.5) is 0 Å². The molecule has 8 nitrogen and oxygen atoms in total. The highest BCUT2D eigenvalue weighted by Gasteiger charge is 2.34. The van der Waals surface area contributed by atoms with Gasteiger partial charge in [-0.25, -0.2) is 0 Å². The Hall–Kier alpha value is -4.11. The van der Waals surface area contributed by atoms with Crippen molar-refractivity contribution in [1.82, 2.24) is 20.4 Å². The predicted octanol–water partition coefficient (Wildman–Crippen LogP) is 5.21. The SMILES string of the molecule is COc1cccc(-c2noc(C3=C(C)N(Cc4ccco4)C(=S)NC3c3cccc(OC)c3)n2)c1. The second-order valence-electron chi connectivity index (χ2n) is 7.98. The van der Waals surface area contributed by atoms with Gasteiger partial charge >= 0.3 is 0 Å². The zero-order valence-electron chi connectivity index (χ0n) is 19.5. The average Bonchev–Trinajstić information content (AvgIpc) is 3.59. The third-order valence-electron chi connectivity index (χ3n) is 5.90. The summed E-state index contributed by atoms with van der Waals surface area (Å²) in [6, 6.07) is 18.8. The largest absolute Gasteiger partial charge is 0.497 e. The fourth-order valence-electron chi connectivity index (χ4n) is 4.09. The highest BCUT2D eigenvalue weighted by Crippen LogP contribution is 2.39. The van der Waals surface area contributed by atoms with Gasteiger partial charge in [-0.1, -0.05) is 29.4 Å². The highest BCUT2D eigenvalue weighted by molar-refractivity contribution is 7.80. The van der Waals surface area contributed by atoms with Gasteiger partial charge in [0.2, 0.25) is 5.82 Å². The van der Waals surface area contributed by atoms with Crippen LogP contribution < -0.4 is 14.8 Å². The Balaban J connectivity index is 1.60. The molecule has 0 radical (unpaired) electrons. The van der Waals surface area contributed by atoms with Crippen molar-refractivity contribution in [2.75, 3.05) is 14.2 Å². The van der Waals surface area contributed by atoms with E-state index in [0.717, 1.165) is 33.9 Å². The molecule has 0 spiro atoms. The van der Waals surface area contributed by atoms with E-state index in [1.54, 1.807) is 20.5 Å². The molecule has 1 N–H and O–H groups in total. The van der Waals surface area contributed by atoms with Crippen molar-refractivity contribution in [3.8, 4) is 22.9 Å². The number of rotatable bonds is 7. The molecule has 0 aliphatic carbocycles. The van der Waals surface area contributed by atoms with Gasteiger partial charge in [-0.3, -0.25) is 0 Å². The number of thiocarbonyl (C=S) groups is 1. The molecule has 0 saturated heterocycles. The summed E-state index contributed by atoms with van der Waals surface area (Å²) in [6.45, 7) is 2.46. The second-order valence-corrected chi connectivity index (χ2v) is 8.37. The summed E-state index contributed by atoms with van der Waals surface area (Å²) < 4.78 is 22.2. The van der Waals surface area contributed by atoms with E-state index in [-0.39, 0.29) is 6.04 Å². The van der Waals surface area contributed by atoms with E-state index in [1.807, 2.05) is 72.5 Å². The van der Waals surface area contributed by atoms with E-state index in [9.17, 15) is 0 Å². The summed E-state index contributed by atoms with van der Waals surface area (Å²) in [5.41, 5.74) is 3.46. The number of nitrogens with zero attached hydrogens (tertiary/aromatic N) is 3. The zero-order valence-corrected chi connectivity index (χ0v) is 20.3. The van der Waals surface area contributed by atoms with Crippen molar-refractivity contribution >= 4 is 22.9 Å². The van der Waals surface area contributed by atoms with E-state index in [1.165, 1.54) is 0 Å². The zero-order chi connectivity index (χ0) is 24.4. The molecule has 35 heavy (non-hydrogen) atoms. The van der Waals surface area contributed by atoms with Crippen LogP contribution in [0.5, 0.6) is 11.5 Å². The Bertz CT molecular complexity index is 1380. The lowest BCUT2D eigenvalue weighted by Gasteiger charge is -2.37. The molecule has 3 heterocycles. The number of ether oxygens (including phenoxy) is 2. The molecule has 2 aromatic heterocycles. The van der Waals surface area contributed by atoms with Crippen LogP contribution in [0.15, 0.2) is 81.6 Å². The molecule has 178 valence electrons. The van der Waals surface area contributed by atoms with Gasteiger partial charge in [0.05, 0.1) is 38.6 Å². The van der Waals surface area contributed by atoms with Crippen LogP contribution in [0.25, 0.3) is 17.0 Å². The van der Waals surface area contributed by atoms with Crippen LogP contribution in [-0.2, 0) is 6.54 Å². The quantitative estimate of drug-likeness (QED) is 0.352. The van der Waals surface area contributed by atoms with Gasteiger partial charge in [-0.15, -0.1) is 0 Å². The molecule has 1 unspecified atom stereocenters. The smallest absolute Gasteiger partial charge is 0.258 e. The maximum atomic E-state index is 5.81. The first kappa shape index (κ1) is 22.7. The van der Waals surface area contributed by atoms with Gasteiger partial charge in [0.1, 0.15) is 17.3 Å². The lowest BCUT2D eigenvalue weighted by Crippen LogP contribution is -2.45.